The Morgan fingerprint density at radius 1 is 1.18 bits per heavy atom. The van der Waals surface area contributed by atoms with Gasteiger partial charge in [0, 0.05) is 25.2 Å². The highest BCUT2D eigenvalue weighted by Crippen LogP contribution is 2.52. The number of carbonyl (C=O) groups is 2. The van der Waals surface area contributed by atoms with Gasteiger partial charge < -0.3 is 9.69 Å². The number of rotatable bonds is 2. The lowest BCUT2D eigenvalue weighted by atomic mass is 9.57. The number of fused-ring (bicyclic) bond motifs is 1. The van der Waals surface area contributed by atoms with Gasteiger partial charge in [-0.3, -0.25) is 9.48 Å². The lowest BCUT2D eigenvalue weighted by Gasteiger charge is -2.48. The van der Waals surface area contributed by atoms with Crippen LogP contribution in [0.25, 0.3) is 4.85 Å². The SMILES string of the molecule is [C-]#[N+]C1=C[C@@]2(c3ccccc3)C(=O)N(c3cnn(C)c3)CC=C2C(C)(C)C1=O. The number of amides is 1. The smallest absolute Gasteiger partial charge is 0.244 e. The number of Topliss-reactive ketones (excluding diaryl/α,β-unsaturated/α-hetero) is 1. The minimum Gasteiger partial charge on any atom is -0.307 e. The molecule has 2 aromatic rings. The molecule has 0 N–H and O–H groups in total. The van der Waals surface area contributed by atoms with E-state index in [-0.39, 0.29) is 17.4 Å². The normalized spacial score (nSPS) is 23.6. The zero-order valence-corrected chi connectivity index (χ0v) is 16.0. The van der Waals surface area contributed by atoms with Gasteiger partial charge in [0.1, 0.15) is 5.41 Å². The zero-order chi connectivity index (χ0) is 20.1. The molecule has 140 valence electrons. The number of ketones is 1. The molecule has 1 aromatic carbocycles. The third kappa shape index (κ3) is 2.29. The second-order valence-corrected chi connectivity index (χ2v) is 7.68. The van der Waals surface area contributed by atoms with Crippen LogP contribution in [0.3, 0.4) is 0 Å². The molecular formula is C22H20N4O2. The van der Waals surface area contributed by atoms with Crippen molar-refractivity contribution >= 4 is 17.4 Å². The van der Waals surface area contributed by atoms with Crippen molar-refractivity contribution in [1.82, 2.24) is 9.78 Å². The Bertz CT molecular complexity index is 1090. The quantitative estimate of drug-likeness (QED) is 0.601. The van der Waals surface area contributed by atoms with Crippen LogP contribution < -0.4 is 4.90 Å². The molecule has 6 heteroatoms. The van der Waals surface area contributed by atoms with Crippen molar-refractivity contribution in [2.75, 3.05) is 11.4 Å². The van der Waals surface area contributed by atoms with Gasteiger partial charge in [-0.05, 0) is 11.1 Å². The van der Waals surface area contributed by atoms with Crippen molar-refractivity contribution in [3.8, 4) is 0 Å². The predicted octanol–water partition coefficient (Wildman–Crippen LogP) is 3.04. The second-order valence-electron chi connectivity index (χ2n) is 7.68. The van der Waals surface area contributed by atoms with Crippen LogP contribution in [0.15, 0.2) is 66.1 Å². The highest BCUT2D eigenvalue weighted by Gasteiger charge is 2.56. The highest BCUT2D eigenvalue weighted by molar-refractivity contribution is 6.14. The molecule has 1 aromatic heterocycles. The van der Waals surface area contributed by atoms with E-state index in [2.05, 4.69) is 9.94 Å². The van der Waals surface area contributed by atoms with Gasteiger partial charge in [0.2, 0.25) is 11.6 Å². The monoisotopic (exact) mass is 372 g/mol. The molecule has 0 unspecified atom stereocenters. The fourth-order valence-corrected chi connectivity index (χ4v) is 4.27. The Morgan fingerprint density at radius 3 is 2.50 bits per heavy atom. The molecule has 0 bridgehead atoms. The first-order chi connectivity index (χ1) is 13.3. The number of anilines is 1. The number of benzene rings is 1. The summed E-state index contributed by atoms with van der Waals surface area (Å²) < 4.78 is 1.64. The third-order valence-electron chi connectivity index (χ3n) is 5.66. The maximum atomic E-state index is 13.9. The van der Waals surface area contributed by atoms with Crippen LogP contribution in [0.5, 0.6) is 0 Å². The van der Waals surface area contributed by atoms with Crippen molar-refractivity contribution in [3.63, 3.8) is 0 Å². The van der Waals surface area contributed by atoms with Crippen molar-refractivity contribution in [1.29, 1.82) is 0 Å². The first-order valence-corrected chi connectivity index (χ1v) is 9.04. The minimum atomic E-state index is -1.19. The first-order valence-electron chi connectivity index (χ1n) is 9.04. The molecule has 1 aliphatic heterocycles. The summed E-state index contributed by atoms with van der Waals surface area (Å²) in [5.41, 5.74) is 0.0432. The molecule has 6 nitrogen and oxygen atoms in total. The van der Waals surface area contributed by atoms with Crippen molar-refractivity contribution in [2.45, 2.75) is 19.3 Å². The van der Waals surface area contributed by atoms with E-state index in [0.29, 0.717) is 12.2 Å². The van der Waals surface area contributed by atoms with Crippen LogP contribution in [0.1, 0.15) is 19.4 Å². The molecule has 0 saturated heterocycles. The largest absolute Gasteiger partial charge is 0.307 e. The van der Waals surface area contributed by atoms with E-state index < -0.39 is 10.8 Å². The number of aryl methyl sites for hydroxylation is 1. The molecule has 1 aliphatic carbocycles. The number of allylic oxidation sites excluding steroid dienone is 1. The molecule has 0 saturated carbocycles. The fourth-order valence-electron chi connectivity index (χ4n) is 4.27. The summed E-state index contributed by atoms with van der Waals surface area (Å²) in [6.45, 7) is 11.5. The molecule has 2 aliphatic rings. The van der Waals surface area contributed by atoms with Crippen LogP contribution in [0, 0.1) is 12.0 Å². The molecule has 1 atom stereocenters. The van der Waals surface area contributed by atoms with Crippen molar-refractivity contribution in [2.24, 2.45) is 12.5 Å². The van der Waals surface area contributed by atoms with E-state index in [1.807, 2.05) is 36.4 Å². The first kappa shape index (κ1) is 17.9. The predicted molar refractivity (Wildman–Crippen MR) is 105 cm³/mol. The van der Waals surface area contributed by atoms with Crippen LogP contribution in [-0.2, 0) is 22.1 Å². The van der Waals surface area contributed by atoms with Crippen molar-refractivity contribution < 1.29 is 9.59 Å². The van der Waals surface area contributed by atoms with Crippen LogP contribution in [0.2, 0.25) is 0 Å². The summed E-state index contributed by atoms with van der Waals surface area (Å²) >= 11 is 0. The van der Waals surface area contributed by atoms with Gasteiger partial charge in [0.15, 0.2) is 5.78 Å². The minimum absolute atomic E-state index is 0.00684. The molecule has 4 rings (SSSR count). The molecule has 2 heterocycles. The average molecular weight is 372 g/mol. The van der Waals surface area contributed by atoms with Gasteiger partial charge in [-0.1, -0.05) is 56.3 Å². The lowest BCUT2D eigenvalue weighted by Crippen LogP contribution is -2.56. The summed E-state index contributed by atoms with van der Waals surface area (Å²) in [7, 11) is 1.80. The van der Waals surface area contributed by atoms with Gasteiger partial charge in [-0.15, -0.1) is 0 Å². The average Bonchev–Trinajstić information content (AvgIpc) is 3.12. The Labute approximate surface area is 163 Å². The zero-order valence-electron chi connectivity index (χ0n) is 16.0. The third-order valence-corrected chi connectivity index (χ3v) is 5.66. The number of nitrogens with zero attached hydrogens (tertiary/aromatic N) is 4. The van der Waals surface area contributed by atoms with E-state index >= 15 is 0 Å². The maximum Gasteiger partial charge on any atom is 0.244 e. The maximum absolute atomic E-state index is 13.9. The Morgan fingerprint density at radius 2 is 1.89 bits per heavy atom. The van der Waals surface area contributed by atoms with Gasteiger partial charge in [-0.2, -0.15) is 5.10 Å². The molecule has 28 heavy (non-hydrogen) atoms. The number of hydrogen-bond donors (Lipinski definition) is 0. The Hall–Kier alpha value is -3.46. The van der Waals surface area contributed by atoms with E-state index in [1.165, 1.54) is 0 Å². The number of carbonyl (C=O) groups excluding carboxylic acids is 2. The van der Waals surface area contributed by atoms with E-state index in [1.54, 1.807) is 48.9 Å². The van der Waals surface area contributed by atoms with Gasteiger partial charge in [0.05, 0.1) is 18.5 Å². The fraction of sp³-hybridized carbons (Fsp3) is 0.273. The van der Waals surface area contributed by atoms with Gasteiger partial charge in [-0.25, -0.2) is 4.85 Å². The molecule has 0 spiro atoms. The summed E-state index contributed by atoms with van der Waals surface area (Å²) in [5.74, 6) is -0.422. The summed E-state index contributed by atoms with van der Waals surface area (Å²) in [4.78, 5) is 32.0. The second kappa shape index (κ2) is 6.03. The topological polar surface area (TPSA) is 59.6 Å². The van der Waals surface area contributed by atoms with E-state index in [9.17, 15) is 9.59 Å². The van der Waals surface area contributed by atoms with E-state index in [4.69, 9.17) is 6.57 Å². The van der Waals surface area contributed by atoms with Gasteiger partial charge in [0.25, 0.3) is 0 Å². The molecule has 0 fully saturated rings. The van der Waals surface area contributed by atoms with Crippen LogP contribution in [-0.4, -0.2) is 28.0 Å². The Balaban J connectivity index is 2.03. The molecule has 0 radical (unpaired) electrons. The molecule has 1 amide bonds. The highest BCUT2D eigenvalue weighted by atomic mass is 16.2. The summed E-state index contributed by atoms with van der Waals surface area (Å²) in [6.07, 6.45) is 6.94. The lowest BCUT2D eigenvalue weighted by molar-refractivity contribution is -0.125. The number of hydrogen-bond acceptors (Lipinski definition) is 3. The molecular weight excluding hydrogens is 352 g/mol. The Kier molecular flexibility index (Phi) is 3.86. The summed E-state index contributed by atoms with van der Waals surface area (Å²) in [5, 5.41) is 4.18. The van der Waals surface area contributed by atoms with Crippen molar-refractivity contribution in [3.05, 3.63) is 83.1 Å². The number of aromatic nitrogens is 2. The summed E-state index contributed by atoms with van der Waals surface area (Å²) in [6, 6.07) is 9.37. The van der Waals surface area contributed by atoms with Crippen LogP contribution in [0.4, 0.5) is 5.69 Å². The van der Waals surface area contributed by atoms with E-state index in [0.717, 1.165) is 11.1 Å². The standard InChI is InChI=1S/C22H20N4O2/c1-21(2)18-10-11-26(16-13-24-25(4)14-16)20(28)22(18,12-17(23-3)19(21)27)15-8-6-5-7-9-15/h5-10,12-14H,11H2,1-2,4H3/t22-/m0/s1. The van der Waals surface area contributed by atoms with Gasteiger partial charge >= 0.3 is 0 Å². The van der Waals surface area contributed by atoms with Crippen LogP contribution >= 0.6 is 0 Å².